The van der Waals surface area contributed by atoms with Crippen LogP contribution >= 0.6 is 11.6 Å². The summed E-state index contributed by atoms with van der Waals surface area (Å²) in [6.45, 7) is 0.483. The first-order valence-corrected chi connectivity index (χ1v) is 9.62. The van der Waals surface area contributed by atoms with E-state index in [0.29, 0.717) is 19.6 Å². The Balaban J connectivity index is 3.10. The Morgan fingerprint density at radius 3 is 2.36 bits per heavy atom. The molecular formula is C15H23ClN2O6S. The van der Waals surface area contributed by atoms with Crippen molar-refractivity contribution in [1.29, 1.82) is 0 Å². The Bertz CT molecular complexity index is 696. The second-order valence-electron chi connectivity index (χ2n) is 5.12. The van der Waals surface area contributed by atoms with Gasteiger partial charge in [0, 0.05) is 32.4 Å². The number of nitrogens with zero attached hydrogens (tertiary/aromatic N) is 1. The average molecular weight is 395 g/mol. The highest BCUT2D eigenvalue weighted by Crippen LogP contribution is 2.38. The highest BCUT2D eigenvalue weighted by Gasteiger charge is 2.25. The number of methoxy groups -OCH3 is 3. The van der Waals surface area contributed by atoms with Crippen LogP contribution in [0, 0.1) is 0 Å². The molecule has 0 radical (unpaired) electrons. The van der Waals surface area contributed by atoms with Crippen molar-refractivity contribution in [2.24, 2.45) is 0 Å². The number of carbonyl (C=O) groups excluding carboxylic acids is 1. The Hall–Kier alpha value is -1.71. The molecule has 0 aromatic heterocycles. The lowest BCUT2D eigenvalue weighted by atomic mass is 10.2. The first-order valence-electron chi connectivity index (χ1n) is 7.39. The fourth-order valence-corrected chi connectivity index (χ4v) is 3.13. The number of ether oxygens (including phenoxy) is 3. The van der Waals surface area contributed by atoms with E-state index in [9.17, 15) is 13.2 Å². The number of nitrogens with one attached hydrogen (secondary N) is 1. The summed E-state index contributed by atoms with van der Waals surface area (Å²) in [5.74, 6) is 0.0347. The predicted octanol–water partition coefficient (Wildman–Crippen LogP) is 1.28. The predicted molar refractivity (Wildman–Crippen MR) is 96.2 cm³/mol. The maximum atomic E-state index is 12.2. The van der Waals surface area contributed by atoms with Gasteiger partial charge in [0.2, 0.25) is 15.9 Å². The first kappa shape index (κ1) is 21.3. The summed E-state index contributed by atoms with van der Waals surface area (Å²) < 4.78 is 40.5. The molecular weight excluding hydrogens is 372 g/mol. The van der Waals surface area contributed by atoms with Gasteiger partial charge < -0.3 is 19.5 Å². The molecule has 1 rings (SSSR count). The van der Waals surface area contributed by atoms with Crippen molar-refractivity contribution in [2.75, 3.05) is 51.6 Å². The standard InChI is InChI=1S/C15H23ClN2O6S/c1-22-7-5-6-17-15(19)10-18(25(4,20)21)12-9-13(23-2)11(16)8-14(12)24-3/h8-9H,5-7,10H2,1-4H3,(H,17,19). The Kier molecular flexibility index (Phi) is 8.27. The van der Waals surface area contributed by atoms with Gasteiger partial charge in [-0.05, 0) is 6.42 Å². The molecule has 0 atom stereocenters. The third-order valence-corrected chi connectivity index (χ3v) is 4.68. The quantitative estimate of drug-likeness (QED) is 0.601. The van der Waals surface area contributed by atoms with Crippen molar-refractivity contribution < 1.29 is 27.4 Å². The molecule has 0 heterocycles. The van der Waals surface area contributed by atoms with Crippen molar-refractivity contribution in [1.82, 2.24) is 5.32 Å². The second-order valence-corrected chi connectivity index (χ2v) is 7.44. The summed E-state index contributed by atoms with van der Waals surface area (Å²) in [7, 11) is 0.603. The van der Waals surface area contributed by atoms with Gasteiger partial charge in [0.25, 0.3) is 0 Å². The fraction of sp³-hybridized carbons (Fsp3) is 0.533. The van der Waals surface area contributed by atoms with Crippen LogP contribution in [0.5, 0.6) is 11.5 Å². The van der Waals surface area contributed by atoms with Gasteiger partial charge >= 0.3 is 0 Å². The molecule has 1 amide bonds. The highest BCUT2D eigenvalue weighted by atomic mass is 35.5. The molecule has 0 fully saturated rings. The summed E-state index contributed by atoms with van der Waals surface area (Å²) in [4.78, 5) is 12.1. The van der Waals surface area contributed by atoms with Gasteiger partial charge in [-0.2, -0.15) is 0 Å². The van der Waals surface area contributed by atoms with E-state index in [1.165, 1.54) is 26.4 Å². The van der Waals surface area contributed by atoms with E-state index in [1.54, 1.807) is 7.11 Å². The van der Waals surface area contributed by atoms with Crippen LogP contribution in [0.1, 0.15) is 6.42 Å². The van der Waals surface area contributed by atoms with Crippen molar-refractivity contribution in [3.05, 3.63) is 17.2 Å². The lowest BCUT2D eigenvalue weighted by Crippen LogP contribution is -2.41. The number of halogens is 1. The van der Waals surface area contributed by atoms with Gasteiger partial charge in [-0.25, -0.2) is 8.42 Å². The monoisotopic (exact) mass is 394 g/mol. The molecule has 1 aromatic carbocycles. The number of carbonyl (C=O) groups is 1. The number of anilines is 1. The maximum Gasteiger partial charge on any atom is 0.240 e. The highest BCUT2D eigenvalue weighted by molar-refractivity contribution is 7.92. The van der Waals surface area contributed by atoms with Crippen molar-refractivity contribution in [3.8, 4) is 11.5 Å². The van der Waals surface area contributed by atoms with Gasteiger partial charge in [-0.1, -0.05) is 11.6 Å². The molecule has 8 nitrogen and oxygen atoms in total. The van der Waals surface area contributed by atoms with E-state index in [2.05, 4.69) is 5.32 Å². The molecule has 1 aromatic rings. The molecule has 0 saturated heterocycles. The lowest BCUT2D eigenvalue weighted by molar-refractivity contribution is -0.119. The second kappa shape index (κ2) is 9.69. The Morgan fingerprint density at radius 2 is 1.84 bits per heavy atom. The number of hydrogen-bond donors (Lipinski definition) is 1. The maximum absolute atomic E-state index is 12.2. The summed E-state index contributed by atoms with van der Waals surface area (Å²) in [6.07, 6.45) is 1.63. The molecule has 0 bridgehead atoms. The van der Waals surface area contributed by atoms with Crippen LogP contribution in [0.3, 0.4) is 0 Å². The van der Waals surface area contributed by atoms with Crippen LogP contribution in [0.4, 0.5) is 5.69 Å². The van der Waals surface area contributed by atoms with E-state index in [4.69, 9.17) is 25.8 Å². The molecule has 0 spiro atoms. The molecule has 10 heteroatoms. The Morgan fingerprint density at radius 1 is 1.20 bits per heavy atom. The molecule has 142 valence electrons. The third-order valence-electron chi connectivity index (χ3n) is 3.26. The molecule has 0 aliphatic carbocycles. The summed E-state index contributed by atoms with van der Waals surface area (Å²) in [5.41, 5.74) is 0.165. The molecule has 1 N–H and O–H groups in total. The minimum Gasteiger partial charge on any atom is -0.495 e. The van der Waals surface area contributed by atoms with Crippen LogP contribution in [-0.2, 0) is 19.6 Å². The molecule has 0 aliphatic rings. The van der Waals surface area contributed by atoms with E-state index in [0.717, 1.165) is 10.6 Å². The fourth-order valence-electron chi connectivity index (χ4n) is 2.05. The van der Waals surface area contributed by atoms with Gasteiger partial charge in [-0.15, -0.1) is 0 Å². The first-order chi connectivity index (χ1) is 11.7. The van der Waals surface area contributed by atoms with Crippen LogP contribution in [-0.4, -0.2) is 61.6 Å². The van der Waals surface area contributed by atoms with Gasteiger partial charge in [-0.3, -0.25) is 9.10 Å². The number of sulfonamides is 1. The molecule has 0 saturated carbocycles. The van der Waals surface area contributed by atoms with Crippen LogP contribution in [0.15, 0.2) is 12.1 Å². The van der Waals surface area contributed by atoms with Crippen molar-refractivity contribution in [3.63, 3.8) is 0 Å². The van der Waals surface area contributed by atoms with E-state index >= 15 is 0 Å². The van der Waals surface area contributed by atoms with E-state index < -0.39 is 22.5 Å². The summed E-state index contributed by atoms with van der Waals surface area (Å²) >= 11 is 6.04. The molecule has 0 aliphatic heterocycles. The SMILES string of the molecule is COCCCNC(=O)CN(c1cc(OC)c(Cl)cc1OC)S(C)(=O)=O. The third kappa shape index (κ3) is 6.26. The van der Waals surface area contributed by atoms with Gasteiger partial charge in [0.1, 0.15) is 18.0 Å². The lowest BCUT2D eigenvalue weighted by Gasteiger charge is -2.24. The van der Waals surface area contributed by atoms with E-state index in [-0.39, 0.29) is 22.2 Å². The molecule has 25 heavy (non-hydrogen) atoms. The smallest absolute Gasteiger partial charge is 0.240 e. The van der Waals surface area contributed by atoms with Crippen molar-refractivity contribution >= 4 is 33.2 Å². The van der Waals surface area contributed by atoms with E-state index in [1.807, 2.05) is 0 Å². The Labute approximate surface area is 153 Å². The zero-order valence-corrected chi connectivity index (χ0v) is 16.2. The van der Waals surface area contributed by atoms with Crippen LogP contribution in [0.25, 0.3) is 0 Å². The summed E-state index contributed by atoms with van der Waals surface area (Å²) in [5, 5.41) is 2.91. The average Bonchev–Trinajstić information content (AvgIpc) is 2.55. The zero-order valence-electron chi connectivity index (χ0n) is 14.7. The topological polar surface area (TPSA) is 94.2 Å². The zero-order chi connectivity index (χ0) is 19.0. The summed E-state index contributed by atoms with van der Waals surface area (Å²) in [6, 6.07) is 2.85. The number of amides is 1. The van der Waals surface area contributed by atoms with Crippen molar-refractivity contribution in [2.45, 2.75) is 6.42 Å². The van der Waals surface area contributed by atoms with Gasteiger partial charge in [0.15, 0.2) is 0 Å². The number of rotatable bonds is 10. The number of benzene rings is 1. The normalized spacial score (nSPS) is 11.1. The largest absolute Gasteiger partial charge is 0.495 e. The van der Waals surface area contributed by atoms with Crippen LogP contribution < -0.4 is 19.1 Å². The molecule has 0 unspecified atom stereocenters. The van der Waals surface area contributed by atoms with Gasteiger partial charge in [0.05, 0.1) is 31.2 Å². The minimum atomic E-state index is -3.75. The van der Waals surface area contributed by atoms with Crippen LogP contribution in [0.2, 0.25) is 5.02 Å². The number of hydrogen-bond acceptors (Lipinski definition) is 6. The minimum absolute atomic E-state index is 0.165.